The Balaban J connectivity index is 1.47. The fraction of sp³-hybridized carbons (Fsp3) is 0.304. The number of thiophene rings is 1. The van der Waals surface area contributed by atoms with Gasteiger partial charge in [-0.2, -0.15) is 0 Å². The van der Waals surface area contributed by atoms with E-state index in [4.69, 9.17) is 0 Å². The first-order chi connectivity index (χ1) is 15.1. The smallest absolute Gasteiger partial charge is 0.262 e. The Kier molecular flexibility index (Phi) is 6.27. The summed E-state index contributed by atoms with van der Waals surface area (Å²) in [7, 11) is 0. The third-order valence-electron chi connectivity index (χ3n) is 5.37. The SMILES string of the molecule is C=CCNC(=O)c1ccccc1NC(=O)CCn1cnc2sc3c(c2c1=O)CCCC3. The van der Waals surface area contributed by atoms with Gasteiger partial charge in [0.2, 0.25) is 5.91 Å². The van der Waals surface area contributed by atoms with Crippen molar-refractivity contribution in [3.63, 3.8) is 0 Å². The fourth-order valence-corrected chi connectivity index (χ4v) is 5.04. The highest BCUT2D eigenvalue weighted by atomic mass is 32.1. The van der Waals surface area contributed by atoms with Gasteiger partial charge in [-0.1, -0.05) is 18.2 Å². The lowest BCUT2D eigenvalue weighted by molar-refractivity contribution is -0.116. The van der Waals surface area contributed by atoms with Gasteiger partial charge in [0.15, 0.2) is 0 Å². The molecule has 160 valence electrons. The Morgan fingerprint density at radius 3 is 2.87 bits per heavy atom. The van der Waals surface area contributed by atoms with Gasteiger partial charge in [-0.3, -0.25) is 19.0 Å². The highest BCUT2D eigenvalue weighted by Gasteiger charge is 2.20. The average molecular weight is 437 g/mol. The molecule has 2 N–H and O–H groups in total. The minimum Gasteiger partial charge on any atom is -0.349 e. The van der Waals surface area contributed by atoms with Crippen LogP contribution in [0, 0.1) is 0 Å². The van der Waals surface area contributed by atoms with Gasteiger partial charge in [0.1, 0.15) is 4.83 Å². The number of anilines is 1. The van der Waals surface area contributed by atoms with Crippen molar-refractivity contribution >= 4 is 39.1 Å². The van der Waals surface area contributed by atoms with Gasteiger partial charge in [0.05, 0.1) is 23.0 Å². The number of fused-ring (bicyclic) bond motifs is 3. The number of amides is 2. The van der Waals surface area contributed by atoms with E-state index < -0.39 is 0 Å². The Labute approximate surface area is 183 Å². The van der Waals surface area contributed by atoms with Crippen molar-refractivity contribution in [3.05, 3.63) is 69.6 Å². The number of nitrogens with zero attached hydrogens (tertiary/aromatic N) is 2. The van der Waals surface area contributed by atoms with E-state index in [1.54, 1.807) is 41.7 Å². The lowest BCUT2D eigenvalue weighted by Crippen LogP contribution is -2.26. The second-order valence-corrected chi connectivity index (χ2v) is 8.56. The quantitative estimate of drug-likeness (QED) is 0.556. The van der Waals surface area contributed by atoms with Crippen LogP contribution < -0.4 is 16.2 Å². The van der Waals surface area contributed by atoms with Crippen LogP contribution >= 0.6 is 11.3 Å². The number of rotatable bonds is 7. The van der Waals surface area contributed by atoms with Gasteiger partial charge in [0, 0.05) is 24.4 Å². The van der Waals surface area contributed by atoms with E-state index in [-0.39, 0.29) is 30.3 Å². The summed E-state index contributed by atoms with van der Waals surface area (Å²) in [6, 6.07) is 6.82. The third-order valence-corrected chi connectivity index (χ3v) is 6.57. The van der Waals surface area contributed by atoms with Gasteiger partial charge < -0.3 is 10.6 Å². The molecule has 2 aromatic heterocycles. The summed E-state index contributed by atoms with van der Waals surface area (Å²) in [6.45, 7) is 4.14. The first-order valence-electron chi connectivity index (χ1n) is 10.4. The molecule has 0 aliphatic heterocycles. The zero-order chi connectivity index (χ0) is 21.8. The molecule has 31 heavy (non-hydrogen) atoms. The minimum absolute atomic E-state index is 0.0820. The van der Waals surface area contributed by atoms with Gasteiger partial charge in [0.25, 0.3) is 11.5 Å². The number of para-hydroxylation sites is 1. The molecule has 0 radical (unpaired) electrons. The van der Waals surface area contributed by atoms with Crippen LogP contribution in [0.2, 0.25) is 0 Å². The number of carbonyl (C=O) groups excluding carboxylic acids is 2. The molecule has 0 atom stereocenters. The standard InChI is InChI=1S/C23H24N4O3S/c1-2-12-24-21(29)15-7-3-5-9-17(15)26-19(28)11-13-27-14-25-22-20(23(27)30)16-8-4-6-10-18(16)31-22/h2-3,5,7,9,14H,1,4,6,8,10-13H2,(H,24,29)(H,26,28). The van der Waals surface area contributed by atoms with Crippen molar-refractivity contribution in [3.8, 4) is 0 Å². The summed E-state index contributed by atoms with van der Waals surface area (Å²) in [4.78, 5) is 44.4. The molecule has 0 spiro atoms. The highest BCUT2D eigenvalue weighted by Crippen LogP contribution is 2.33. The summed E-state index contributed by atoms with van der Waals surface area (Å²) in [5.74, 6) is -0.563. The van der Waals surface area contributed by atoms with Crippen LogP contribution in [0.15, 0.2) is 48.0 Å². The number of hydrogen-bond acceptors (Lipinski definition) is 5. The van der Waals surface area contributed by atoms with E-state index in [0.29, 0.717) is 23.2 Å². The molecule has 1 aliphatic rings. The van der Waals surface area contributed by atoms with Crippen LogP contribution in [0.1, 0.15) is 40.1 Å². The molecule has 0 unspecified atom stereocenters. The number of hydrogen-bond donors (Lipinski definition) is 2. The van der Waals surface area contributed by atoms with E-state index in [9.17, 15) is 14.4 Å². The molecule has 0 fully saturated rings. The lowest BCUT2D eigenvalue weighted by atomic mass is 9.97. The van der Waals surface area contributed by atoms with E-state index in [1.165, 1.54) is 15.8 Å². The molecular weight excluding hydrogens is 412 g/mol. The Morgan fingerprint density at radius 1 is 1.23 bits per heavy atom. The molecule has 2 heterocycles. The maximum Gasteiger partial charge on any atom is 0.262 e. The predicted octanol–water partition coefficient (Wildman–Crippen LogP) is 3.28. The summed E-state index contributed by atoms with van der Waals surface area (Å²) in [5, 5.41) is 6.20. The van der Waals surface area contributed by atoms with E-state index in [2.05, 4.69) is 22.2 Å². The first kappa shape index (κ1) is 21.0. The van der Waals surface area contributed by atoms with Crippen LogP contribution in [0.4, 0.5) is 5.69 Å². The van der Waals surface area contributed by atoms with Crippen molar-refractivity contribution in [2.45, 2.75) is 38.6 Å². The lowest BCUT2D eigenvalue weighted by Gasteiger charge is -2.12. The van der Waals surface area contributed by atoms with Crippen LogP contribution in [0.3, 0.4) is 0 Å². The van der Waals surface area contributed by atoms with Crippen LogP contribution in [-0.2, 0) is 24.2 Å². The summed E-state index contributed by atoms with van der Waals surface area (Å²) >= 11 is 1.61. The zero-order valence-corrected chi connectivity index (χ0v) is 18.0. The molecule has 8 heteroatoms. The molecule has 2 amide bonds. The molecule has 1 aliphatic carbocycles. The van der Waals surface area contributed by atoms with Gasteiger partial charge in [-0.15, -0.1) is 17.9 Å². The maximum atomic E-state index is 13.0. The predicted molar refractivity (Wildman–Crippen MR) is 123 cm³/mol. The monoisotopic (exact) mass is 436 g/mol. The Bertz CT molecular complexity index is 1210. The Hall–Kier alpha value is -3.26. The van der Waals surface area contributed by atoms with Crippen molar-refractivity contribution in [1.29, 1.82) is 0 Å². The van der Waals surface area contributed by atoms with Crippen molar-refractivity contribution < 1.29 is 9.59 Å². The number of nitrogens with one attached hydrogen (secondary N) is 2. The summed E-state index contributed by atoms with van der Waals surface area (Å²) < 4.78 is 1.51. The van der Waals surface area contributed by atoms with Gasteiger partial charge >= 0.3 is 0 Å². The van der Waals surface area contributed by atoms with Gasteiger partial charge in [-0.25, -0.2) is 4.98 Å². The van der Waals surface area contributed by atoms with Crippen molar-refractivity contribution in [2.75, 3.05) is 11.9 Å². The fourth-order valence-electron chi connectivity index (χ4n) is 3.83. The van der Waals surface area contributed by atoms with Crippen LogP contribution in [-0.4, -0.2) is 27.9 Å². The van der Waals surface area contributed by atoms with E-state index >= 15 is 0 Å². The Morgan fingerprint density at radius 2 is 2.03 bits per heavy atom. The highest BCUT2D eigenvalue weighted by molar-refractivity contribution is 7.18. The normalized spacial score (nSPS) is 12.9. The van der Waals surface area contributed by atoms with Crippen molar-refractivity contribution in [2.24, 2.45) is 0 Å². The van der Waals surface area contributed by atoms with E-state index in [0.717, 1.165) is 36.1 Å². The second-order valence-electron chi connectivity index (χ2n) is 7.48. The number of aryl methyl sites for hydroxylation is 3. The van der Waals surface area contributed by atoms with Crippen LogP contribution in [0.25, 0.3) is 10.2 Å². The molecule has 0 bridgehead atoms. The number of carbonyl (C=O) groups is 2. The van der Waals surface area contributed by atoms with Gasteiger partial charge in [-0.05, 0) is 43.4 Å². The largest absolute Gasteiger partial charge is 0.349 e. The number of benzene rings is 1. The van der Waals surface area contributed by atoms with E-state index in [1.807, 2.05) is 0 Å². The first-order valence-corrected chi connectivity index (χ1v) is 11.2. The zero-order valence-electron chi connectivity index (χ0n) is 17.1. The third kappa shape index (κ3) is 4.44. The summed E-state index contributed by atoms with van der Waals surface area (Å²) in [6.07, 6.45) is 7.39. The average Bonchev–Trinajstić information content (AvgIpc) is 3.16. The van der Waals surface area contributed by atoms with Crippen molar-refractivity contribution in [1.82, 2.24) is 14.9 Å². The second kappa shape index (κ2) is 9.26. The van der Waals surface area contributed by atoms with Crippen LogP contribution in [0.5, 0.6) is 0 Å². The number of aromatic nitrogens is 2. The summed E-state index contributed by atoms with van der Waals surface area (Å²) in [5.41, 5.74) is 1.87. The molecule has 1 aromatic carbocycles. The molecular formula is C23H24N4O3S. The molecule has 0 saturated carbocycles. The minimum atomic E-state index is -0.288. The molecule has 3 aromatic rings. The maximum absolute atomic E-state index is 13.0. The molecule has 7 nitrogen and oxygen atoms in total. The molecule has 4 rings (SSSR count). The molecule has 0 saturated heterocycles. The topological polar surface area (TPSA) is 93.1 Å².